The molecule has 2 rings (SSSR count). The molecular weight excluding hydrogens is 214 g/mol. The lowest BCUT2D eigenvalue weighted by Gasteiger charge is -2.21. The van der Waals surface area contributed by atoms with Gasteiger partial charge in [-0.15, -0.1) is 0 Å². The third-order valence-electron chi connectivity index (χ3n) is 3.62. The molecule has 0 aliphatic heterocycles. The van der Waals surface area contributed by atoms with Crippen LogP contribution in [0.4, 0.5) is 0 Å². The lowest BCUT2D eigenvalue weighted by molar-refractivity contribution is 0.334. The van der Waals surface area contributed by atoms with Crippen molar-refractivity contribution in [1.29, 1.82) is 0 Å². The molecule has 2 heteroatoms. The number of rotatable bonds is 6. The molecule has 1 aromatic rings. The molecule has 16 heavy (non-hydrogen) atoms. The van der Waals surface area contributed by atoms with E-state index in [1.807, 2.05) is 0 Å². The predicted molar refractivity (Wildman–Crippen MR) is 72.1 cm³/mol. The summed E-state index contributed by atoms with van der Waals surface area (Å²) in [5.74, 6) is 1.02. The van der Waals surface area contributed by atoms with E-state index in [0.717, 1.165) is 12.5 Å². The van der Waals surface area contributed by atoms with Gasteiger partial charge in [0.05, 0.1) is 0 Å². The quantitative estimate of drug-likeness (QED) is 0.741. The van der Waals surface area contributed by atoms with Crippen LogP contribution in [0.1, 0.15) is 44.1 Å². The molecule has 0 spiro atoms. The van der Waals surface area contributed by atoms with Crippen LogP contribution in [0, 0.1) is 5.92 Å². The van der Waals surface area contributed by atoms with Crippen LogP contribution >= 0.6 is 11.3 Å². The second kappa shape index (κ2) is 7.08. The highest BCUT2D eigenvalue weighted by Crippen LogP contribution is 2.25. The maximum absolute atomic E-state index is 3.58. The molecule has 0 aromatic carbocycles. The van der Waals surface area contributed by atoms with Crippen molar-refractivity contribution in [2.75, 3.05) is 13.1 Å². The molecule has 0 unspecified atom stereocenters. The Hall–Kier alpha value is -0.340. The van der Waals surface area contributed by atoms with E-state index < -0.39 is 0 Å². The van der Waals surface area contributed by atoms with Crippen molar-refractivity contribution in [3.05, 3.63) is 22.4 Å². The standard InChI is InChI=1S/C14H23NS/c1-2-4-13(5-3-1)6-9-15-10-7-14-8-11-16-12-14/h8,11-13,15H,1-7,9-10H2. The Labute approximate surface area is 103 Å². The maximum atomic E-state index is 3.58. The molecule has 0 bridgehead atoms. The fraction of sp³-hybridized carbons (Fsp3) is 0.714. The van der Waals surface area contributed by atoms with Crippen LogP contribution in [-0.2, 0) is 6.42 Å². The van der Waals surface area contributed by atoms with Crippen LogP contribution in [0.2, 0.25) is 0 Å². The van der Waals surface area contributed by atoms with Crippen molar-refractivity contribution in [3.63, 3.8) is 0 Å². The van der Waals surface area contributed by atoms with E-state index in [-0.39, 0.29) is 0 Å². The third-order valence-corrected chi connectivity index (χ3v) is 4.36. The Kier molecular flexibility index (Phi) is 5.36. The lowest BCUT2D eigenvalue weighted by atomic mass is 9.87. The summed E-state index contributed by atoms with van der Waals surface area (Å²) in [4.78, 5) is 0. The summed E-state index contributed by atoms with van der Waals surface area (Å²) >= 11 is 1.80. The van der Waals surface area contributed by atoms with Gasteiger partial charge in [0.25, 0.3) is 0 Å². The van der Waals surface area contributed by atoms with Gasteiger partial charge in [0.2, 0.25) is 0 Å². The summed E-state index contributed by atoms with van der Waals surface area (Å²) in [6, 6.07) is 2.23. The summed E-state index contributed by atoms with van der Waals surface area (Å²) in [6.07, 6.45) is 9.96. The van der Waals surface area contributed by atoms with Crippen molar-refractivity contribution >= 4 is 11.3 Å². The number of nitrogens with one attached hydrogen (secondary N) is 1. The van der Waals surface area contributed by atoms with Gasteiger partial charge in [-0.3, -0.25) is 0 Å². The zero-order valence-corrected chi connectivity index (χ0v) is 10.9. The van der Waals surface area contributed by atoms with Crippen molar-refractivity contribution in [1.82, 2.24) is 5.32 Å². The Morgan fingerprint density at radius 1 is 1.19 bits per heavy atom. The Balaban J connectivity index is 1.48. The van der Waals surface area contributed by atoms with E-state index in [1.54, 1.807) is 11.3 Å². The summed E-state index contributed by atoms with van der Waals surface area (Å²) in [6.45, 7) is 2.36. The minimum Gasteiger partial charge on any atom is -0.316 e. The van der Waals surface area contributed by atoms with Crippen LogP contribution in [0.15, 0.2) is 16.8 Å². The van der Waals surface area contributed by atoms with Gasteiger partial charge in [0.1, 0.15) is 0 Å². The van der Waals surface area contributed by atoms with Crippen LogP contribution in [0.25, 0.3) is 0 Å². The molecule has 1 nitrogen and oxygen atoms in total. The summed E-state index contributed by atoms with van der Waals surface area (Å²) < 4.78 is 0. The third kappa shape index (κ3) is 4.26. The van der Waals surface area contributed by atoms with E-state index in [2.05, 4.69) is 22.1 Å². The molecule has 1 heterocycles. The first kappa shape index (κ1) is 12.1. The molecule has 0 atom stereocenters. The monoisotopic (exact) mass is 237 g/mol. The second-order valence-electron chi connectivity index (χ2n) is 4.92. The first-order valence-electron chi connectivity index (χ1n) is 6.67. The number of thiophene rings is 1. The van der Waals surface area contributed by atoms with E-state index in [1.165, 1.54) is 57.1 Å². The summed E-state index contributed by atoms with van der Waals surface area (Å²) in [5, 5.41) is 7.99. The molecule has 1 fully saturated rings. The Morgan fingerprint density at radius 2 is 2.06 bits per heavy atom. The average molecular weight is 237 g/mol. The van der Waals surface area contributed by atoms with Gasteiger partial charge >= 0.3 is 0 Å². The molecule has 1 aliphatic rings. The molecule has 1 aromatic heterocycles. The highest BCUT2D eigenvalue weighted by atomic mass is 32.1. The molecule has 1 aliphatic carbocycles. The first-order valence-corrected chi connectivity index (χ1v) is 7.61. The molecule has 0 amide bonds. The smallest absolute Gasteiger partial charge is 0.000806 e. The zero-order chi connectivity index (χ0) is 11.1. The summed E-state index contributed by atoms with van der Waals surface area (Å²) in [5.41, 5.74) is 1.48. The summed E-state index contributed by atoms with van der Waals surface area (Å²) in [7, 11) is 0. The molecule has 1 N–H and O–H groups in total. The van der Waals surface area contributed by atoms with Crippen LogP contribution in [0.3, 0.4) is 0 Å². The van der Waals surface area contributed by atoms with Crippen molar-refractivity contribution in [2.24, 2.45) is 5.92 Å². The average Bonchev–Trinajstić information content (AvgIpc) is 2.83. The van der Waals surface area contributed by atoms with Crippen molar-refractivity contribution in [2.45, 2.75) is 44.9 Å². The number of hydrogen-bond donors (Lipinski definition) is 1. The first-order chi connectivity index (χ1) is 7.95. The second-order valence-corrected chi connectivity index (χ2v) is 5.70. The fourth-order valence-electron chi connectivity index (χ4n) is 2.57. The minimum absolute atomic E-state index is 1.02. The van der Waals surface area contributed by atoms with E-state index in [4.69, 9.17) is 0 Å². The van der Waals surface area contributed by atoms with E-state index in [9.17, 15) is 0 Å². The molecule has 1 saturated carbocycles. The predicted octanol–water partition coefficient (Wildman–Crippen LogP) is 3.85. The lowest BCUT2D eigenvalue weighted by Crippen LogP contribution is -2.21. The highest BCUT2D eigenvalue weighted by Gasteiger charge is 2.12. The van der Waals surface area contributed by atoms with Gasteiger partial charge in [-0.25, -0.2) is 0 Å². The van der Waals surface area contributed by atoms with Gasteiger partial charge in [0.15, 0.2) is 0 Å². The minimum atomic E-state index is 1.02. The Morgan fingerprint density at radius 3 is 2.81 bits per heavy atom. The molecule has 0 radical (unpaired) electrons. The zero-order valence-electron chi connectivity index (χ0n) is 10.1. The Bertz CT molecular complexity index is 262. The normalized spacial score (nSPS) is 17.8. The molecule has 0 saturated heterocycles. The largest absolute Gasteiger partial charge is 0.316 e. The van der Waals surface area contributed by atoms with E-state index in [0.29, 0.717) is 0 Å². The maximum Gasteiger partial charge on any atom is -0.000806 e. The van der Waals surface area contributed by atoms with Crippen LogP contribution < -0.4 is 5.32 Å². The molecular formula is C14H23NS. The van der Waals surface area contributed by atoms with Crippen LogP contribution in [-0.4, -0.2) is 13.1 Å². The van der Waals surface area contributed by atoms with Gasteiger partial charge in [-0.05, 0) is 54.2 Å². The fourth-order valence-corrected chi connectivity index (χ4v) is 3.28. The van der Waals surface area contributed by atoms with Gasteiger partial charge in [-0.1, -0.05) is 32.1 Å². The van der Waals surface area contributed by atoms with Crippen molar-refractivity contribution in [3.8, 4) is 0 Å². The van der Waals surface area contributed by atoms with Gasteiger partial charge in [-0.2, -0.15) is 11.3 Å². The van der Waals surface area contributed by atoms with Crippen LogP contribution in [0.5, 0.6) is 0 Å². The van der Waals surface area contributed by atoms with Gasteiger partial charge in [0, 0.05) is 0 Å². The SMILES string of the molecule is c1cc(CCNCCC2CCCCC2)cs1. The van der Waals surface area contributed by atoms with E-state index >= 15 is 0 Å². The molecule has 90 valence electrons. The van der Waals surface area contributed by atoms with Gasteiger partial charge < -0.3 is 5.32 Å². The van der Waals surface area contributed by atoms with Crippen molar-refractivity contribution < 1.29 is 0 Å². The number of hydrogen-bond acceptors (Lipinski definition) is 2. The highest BCUT2D eigenvalue weighted by molar-refractivity contribution is 7.07. The topological polar surface area (TPSA) is 12.0 Å².